The van der Waals surface area contributed by atoms with E-state index in [1.807, 2.05) is 6.07 Å². The smallest absolute Gasteiger partial charge is 0.140 e. The van der Waals surface area contributed by atoms with Gasteiger partial charge >= 0.3 is 0 Å². The van der Waals surface area contributed by atoms with Gasteiger partial charge in [0.1, 0.15) is 11.9 Å². The Morgan fingerprint density at radius 3 is 2.55 bits per heavy atom. The van der Waals surface area contributed by atoms with E-state index in [4.69, 9.17) is 22.1 Å². The molecule has 98 valence electrons. The molecule has 0 aliphatic rings. The SMILES string of the molecule is N#Cc1ccc(NCc2ccc(F)c(C#N)c2)c(Cl)c1. The Kier molecular flexibility index (Phi) is 4.20. The van der Waals surface area contributed by atoms with Crippen LogP contribution in [-0.2, 0) is 6.54 Å². The highest BCUT2D eigenvalue weighted by Crippen LogP contribution is 2.23. The average molecular weight is 286 g/mol. The highest BCUT2D eigenvalue weighted by molar-refractivity contribution is 6.33. The lowest BCUT2D eigenvalue weighted by molar-refractivity contribution is 0.623. The molecule has 0 saturated carbocycles. The van der Waals surface area contributed by atoms with E-state index in [0.717, 1.165) is 5.56 Å². The molecule has 0 aliphatic carbocycles. The van der Waals surface area contributed by atoms with Crippen LogP contribution in [0, 0.1) is 28.5 Å². The zero-order valence-electron chi connectivity index (χ0n) is 10.3. The van der Waals surface area contributed by atoms with Crippen LogP contribution in [0.15, 0.2) is 36.4 Å². The lowest BCUT2D eigenvalue weighted by Gasteiger charge is -2.09. The number of hydrogen-bond acceptors (Lipinski definition) is 3. The van der Waals surface area contributed by atoms with Crippen LogP contribution in [0.5, 0.6) is 0 Å². The monoisotopic (exact) mass is 285 g/mol. The molecule has 2 aromatic rings. The van der Waals surface area contributed by atoms with Gasteiger partial charge in [0.05, 0.1) is 27.9 Å². The van der Waals surface area contributed by atoms with Gasteiger partial charge in [-0.05, 0) is 35.9 Å². The molecular weight excluding hydrogens is 277 g/mol. The zero-order chi connectivity index (χ0) is 14.5. The fourth-order valence-corrected chi connectivity index (χ4v) is 1.94. The molecule has 0 bridgehead atoms. The summed E-state index contributed by atoms with van der Waals surface area (Å²) < 4.78 is 13.2. The fraction of sp³-hybridized carbons (Fsp3) is 0.0667. The number of anilines is 1. The number of rotatable bonds is 3. The maximum atomic E-state index is 13.2. The Bertz CT molecular complexity index is 729. The molecule has 0 unspecified atom stereocenters. The summed E-state index contributed by atoms with van der Waals surface area (Å²) in [6, 6.07) is 13.1. The van der Waals surface area contributed by atoms with Crippen molar-refractivity contribution in [2.45, 2.75) is 6.54 Å². The molecule has 2 rings (SSSR count). The second-order valence-corrected chi connectivity index (χ2v) is 4.49. The molecule has 0 atom stereocenters. The molecule has 5 heteroatoms. The molecule has 0 spiro atoms. The van der Waals surface area contributed by atoms with Crippen molar-refractivity contribution in [1.82, 2.24) is 0 Å². The van der Waals surface area contributed by atoms with E-state index in [0.29, 0.717) is 22.8 Å². The molecule has 1 N–H and O–H groups in total. The lowest BCUT2D eigenvalue weighted by Crippen LogP contribution is -2.01. The van der Waals surface area contributed by atoms with Crippen LogP contribution in [0.1, 0.15) is 16.7 Å². The first-order chi connectivity index (χ1) is 9.63. The van der Waals surface area contributed by atoms with E-state index in [-0.39, 0.29) is 5.56 Å². The molecule has 0 aliphatic heterocycles. The van der Waals surface area contributed by atoms with Gasteiger partial charge in [0.25, 0.3) is 0 Å². The third kappa shape index (κ3) is 3.06. The number of hydrogen-bond donors (Lipinski definition) is 1. The van der Waals surface area contributed by atoms with E-state index < -0.39 is 5.82 Å². The number of benzene rings is 2. The van der Waals surface area contributed by atoms with Crippen molar-refractivity contribution in [3.8, 4) is 12.1 Å². The van der Waals surface area contributed by atoms with Crippen LogP contribution in [0.3, 0.4) is 0 Å². The largest absolute Gasteiger partial charge is 0.380 e. The summed E-state index contributed by atoms with van der Waals surface area (Å²) in [6.45, 7) is 0.403. The van der Waals surface area contributed by atoms with E-state index in [1.165, 1.54) is 12.1 Å². The topological polar surface area (TPSA) is 59.6 Å². The third-order valence-corrected chi connectivity index (χ3v) is 3.05. The lowest BCUT2D eigenvalue weighted by atomic mass is 10.1. The van der Waals surface area contributed by atoms with Crippen molar-refractivity contribution in [2.75, 3.05) is 5.32 Å². The number of nitrogens with zero attached hydrogens (tertiary/aromatic N) is 2. The van der Waals surface area contributed by atoms with Gasteiger partial charge in [0, 0.05) is 6.54 Å². The zero-order valence-corrected chi connectivity index (χ0v) is 11.1. The summed E-state index contributed by atoms with van der Waals surface area (Å²) in [4.78, 5) is 0. The predicted molar refractivity (Wildman–Crippen MR) is 74.6 cm³/mol. The first-order valence-electron chi connectivity index (χ1n) is 5.76. The maximum absolute atomic E-state index is 13.2. The number of halogens is 2. The molecule has 0 saturated heterocycles. The van der Waals surface area contributed by atoms with Gasteiger partial charge in [0.15, 0.2) is 0 Å². The minimum Gasteiger partial charge on any atom is -0.380 e. The van der Waals surface area contributed by atoms with Gasteiger partial charge in [-0.15, -0.1) is 0 Å². The Labute approximate surface area is 120 Å². The Morgan fingerprint density at radius 2 is 1.90 bits per heavy atom. The van der Waals surface area contributed by atoms with Crippen LogP contribution in [0.2, 0.25) is 5.02 Å². The second-order valence-electron chi connectivity index (χ2n) is 4.09. The van der Waals surface area contributed by atoms with Gasteiger partial charge in [-0.25, -0.2) is 4.39 Å². The Hall–Kier alpha value is -2.56. The van der Waals surface area contributed by atoms with Crippen molar-refractivity contribution in [1.29, 1.82) is 10.5 Å². The quantitative estimate of drug-likeness (QED) is 0.932. The molecule has 0 amide bonds. The van der Waals surface area contributed by atoms with Gasteiger partial charge < -0.3 is 5.32 Å². The highest BCUT2D eigenvalue weighted by Gasteiger charge is 2.04. The minimum absolute atomic E-state index is 0.00947. The van der Waals surface area contributed by atoms with Crippen molar-refractivity contribution >= 4 is 17.3 Å². The first-order valence-corrected chi connectivity index (χ1v) is 6.14. The maximum Gasteiger partial charge on any atom is 0.140 e. The van der Waals surface area contributed by atoms with Crippen LogP contribution in [0.4, 0.5) is 10.1 Å². The third-order valence-electron chi connectivity index (χ3n) is 2.73. The van der Waals surface area contributed by atoms with E-state index in [9.17, 15) is 4.39 Å². The standard InChI is InChI=1S/C15H9ClFN3/c16-13-6-10(7-18)2-4-15(13)20-9-11-1-3-14(17)12(5-11)8-19/h1-6,20H,9H2. The summed E-state index contributed by atoms with van der Waals surface area (Å²) in [5.74, 6) is -0.535. The van der Waals surface area contributed by atoms with Crippen molar-refractivity contribution < 1.29 is 4.39 Å². The van der Waals surface area contributed by atoms with Gasteiger partial charge in [0.2, 0.25) is 0 Å². The van der Waals surface area contributed by atoms with Crippen LogP contribution < -0.4 is 5.32 Å². The molecule has 20 heavy (non-hydrogen) atoms. The van der Waals surface area contributed by atoms with E-state index in [2.05, 4.69) is 5.32 Å². The second kappa shape index (κ2) is 6.06. The van der Waals surface area contributed by atoms with Gasteiger partial charge in [-0.1, -0.05) is 17.7 Å². The van der Waals surface area contributed by atoms with Crippen molar-refractivity contribution in [2.24, 2.45) is 0 Å². The predicted octanol–water partition coefficient (Wildman–Crippen LogP) is 3.83. The number of nitriles is 2. The summed E-state index contributed by atoms with van der Waals surface area (Å²) in [5.41, 5.74) is 1.93. The molecule has 0 aromatic heterocycles. The normalized spacial score (nSPS) is 9.60. The minimum atomic E-state index is -0.535. The first kappa shape index (κ1) is 13.9. The molecule has 3 nitrogen and oxygen atoms in total. The molecule has 0 radical (unpaired) electrons. The molecule has 0 fully saturated rings. The van der Waals surface area contributed by atoms with E-state index in [1.54, 1.807) is 30.3 Å². The van der Waals surface area contributed by atoms with Crippen LogP contribution >= 0.6 is 11.6 Å². The highest BCUT2D eigenvalue weighted by atomic mass is 35.5. The Morgan fingerprint density at radius 1 is 1.10 bits per heavy atom. The number of nitrogens with one attached hydrogen (secondary N) is 1. The van der Waals surface area contributed by atoms with Gasteiger partial charge in [-0.2, -0.15) is 10.5 Å². The average Bonchev–Trinajstić information content (AvgIpc) is 2.47. The molecular formula is C15H9ClFN3. The van der Waals surface area contributed by atoms with Crippen LogP contribution in [-0.4, -0.2) is 0 Å². The summed E-state index contributed by atoms with van der Waals surface area (Å²) >= 11 is 6.03. The van der Waals surface area contributed by atoms with Crippen LogP contribution in [0.25, 0.3) is 0 Å². The summed E-state index contributed by atoms with van der Waals surface area (Å²) in [7, 11) is 0. The Balaban J connectivity index is 2.13. The summed E-state index contributed by atoms with van der Waals surface area (Å²) in [5, 5.41) is 21.0. The molecule has 0 heterocycles. The summed E-state index contributed by atoms with van der Waals surface area (Å²) in [6.07, 6.45) is 0. The fourth-order valence-electron chi connectivity index (χ4n) is 1.69. The van der Waals surface area contributed by atoms with Gasteiger partial charge in [-0.3, -0.25) is 0 Å². The molecule has 2 aromatic carbocycles. The van der Waals surface area contributed by atoms with Crippen molar-refractivity contribution in [3.05, 3.63) is 63.9 Å². The van der Waals surface area contributed by atoms with E-state index >= 15 is 0 Å². The van der Waals surface area contributed by atoms with Crippen molar-refractivity contribution in [3.63, 3.8) is 0 Å².